The van der Waals surface area contributed by atoms with Gasteiger partial charge in [-0.05, 0) is 87.8 Å². The van der Waals surface area contributed by atoms with E-state index in [0.29, 0.717) is 37.7 Å². The van der Waals surface area contributed by atoms with Crippen LogP contribution in [0.15, 0.2) is 34.3 Å². The van der Waals surface area contributed by atoms with E-state index in [1.807, 2.05) is 13.8 Å². The number of phenolic OH excluding ortho intramolecular Hbond substituents is 1. The molecule has 0 aliphatic carbocycles. The highest BCUT2D eigenvalue weighted by molar-refractivity contribution is 5.97. The van der Waals surface area contributed by atoms with Crippen molar-refractivity contribution in [2.24, 2.45) is 56.0 Å². The number of carbonyl (C=O) groups is 9. The molecule has 1 aliphatic rings. The zero-order valence-electron chi connectivity index (χ0n) is 44.2. The van der Waals surface area contributed by atoms with Crippen molar-refractivity contribution in [3.05, 3.63) is 29.8 Å². The minimum absolute atomic E-state index is 0.0184. The van der Waals surface area contributed by atoms with Crippen LogP contribution < -0.4 is 77.4 Å². The molecule has 0 bridgehead atoms. The number of aromatic hydroxyl groups is 1. The minimum Gasteiger partial charge on any atom is -0.508 e. The molecule has 6 atom stereocenters. The molecule has 0 radical (unpaired) electrons. The van der Waals surface area contributed by atoms with Gasteiger partial charge in [0.05, 0.1) is 19.1 Å². The Bertz CT molecular complexity index is 2120. The molecule has 1 saturated heterocycles. The number of nitrogens with two attached hydrogens (primary N) is 7. The molecule has 2 rings (SSSR count). The lowest BCUT2D eigenvalue weighted by Crippen LogP contribution is -2.61. The van der Waals surface area contributed by atoms with E-state index < -0.39 is 109 Å². The van der Waals surface area contributed by atoms with Gasteiger partial charge in [-0.1, -0.05) is 39.3 Å². The lowest BCUT2D eigenvalue weighted by atomic mass is 10.0. The Balaban J connectivity index is 2.65. The number of hydrogen-bond acceptors (Lipinski definition) is 14. The number of phenols is 1. The normalized spacial score (nSPS) is 21.1. The van der Waals surface area contributed by atoms with Crippen LogP contribution in [0, 0.1) is 5.92 Å². The summed E-state index contributed by atoms with van der Waals surface area (Å²) in [5.74, 6) is -6.40. The largest absolute Gasteiger partial charge is 0.508 e. The number of aliphatic imine (C=N–C) groups is 2. The van der Waals surface area contributed by atoms with Gasteiger partial charge in [-0.2, -0.15) is 0 Å². The fourth-order valence-corrected chi connectivity index (χ4v) is 7.88. The van der Waals surface area contributed by atoms with Gasteiger partial charge in [-0.15, -0.1) is 0 Å². The predicted octanol–water partition coefficient (Wildman–Crippen LogP) is -4.39. The first-order chi connectivity index (χ1) is 36.0. The molecule has 1 aromatic rings. The second kappa shape index (κ2) is 34.9. The quantitative estimate of drug-likeness (QED) is 0.0353. The topological polar surface area (TPSA) is 471 Å². The monoisotopic (exact) mass is 1070 g/mol. The van der Waals surface area contributed by atoms with Gasteiger partial charge in [-0.25, -0.2) is 4.79 Å². The summed E-state index contributed by atoms with van der Waals surface area (Å²) in [6, 6.07) is -2.44. The van der Waals surface area contributed by atoms with E-state index in [9.17, 15) is 48.3 Å². The number of hydrogen-bond donors (Lipinski definition) is 15. The summed E-state index contributed by atoms with van der Waals surface area (Å²) < 4.78 is 0. The smallest absolute Gasteiger partial charge is 0.314 e. The second-order valence-electron chi connectivity index (χ2n) is 19.0. The molecule has 1 aromatic carbocycles. The maximum Gasteiger partial charge on any atom is 0.314 e. The van der Waals surface area contributed by atoms with Gasteiger partial charge in [0, 0.05) is 52.2 Å². The van der Waals surface area contributed by atoms with Gasteiger partial charge >= 0.3 is 6.03 Å². The molecule has 76 heavy (non-hydrogen) atoms. The molecule has 1 aliphatic heterocycles. The number of amides is 10. The Morgan fingerprint density at radius 1 is 0.684 bits per heavy atom. The van der Waals surface area contributed by atoms with Crippen LogP contribution in [0.4, 0.5) is 4.79 Å². The van der Waals surface area contributed by atoms with Crippen molar-refractivity contribution in [3.8, 4) is 5.75 Å². The Labute approximate surface area is 444 Å². The van der Waals surface area contributed by atoms with Crippen molar-refractivity contribution >= 4 is 65.2 Å². The number of carbonyl (C=O) groups excluding carboxylic acids is 9. The lowest BCUT2D eigenvalue weighted by Gasteiger charge is -2.29. The maximum absolute atomic E-state index is 14.3. The maximum atomic E-state index is 14.3. The second-order valence-corrected chi connectivity index (χ2v) is 19.0. The Morgan fingerprint density at radius 2 is 1.24 bits per heavy atom. The van der Waals surface area contributed by atoms with Crippen LogP contribution in [0.5, 0.6) is 5.75 Å². The summed E-state index contributed by atoms with van der Waals surface area (Å²) >= 11 is 0. The van der Waals surface area contributed by atoms with Crippen LogP contribution in [0.1, 0.15) is 97.0 Å². The Kier molecular flexibility index (Phi) is 29.7. The number of primary amides is 1. The van der Waals surface area contributed by atoms with Crippen LogP contribution in [0.3, 0.4) is 0 Å². The van der Waals surface area contributed by atoms with E-state index >= 15 is 0 Å². The fourth-order valence-electron chi connectivity index (χ4n) is 7.88. The van der Waals surface area contributed by atoms with Crippen molar-refractivity contribution in [3.63, 3.8) is 0 Å². The standard InChI is InChI=1S/C48H84N18O10/c1-4-10-33-40(70)63-36(25-30-14-16-31(67)17-15-30)42(72)64-37(26-49)43(73)62-35(18-13-29(2)3)45(75)65(27-38(51)68)24-9-22-59-48(76)58-19-5-6-23-66(44(74)32(50)11-7-20-56-46(52)53)28-39(69)60-34(41(71)61-33)12-8-21-57-47(54)55/h14-17,29,32-37,67H,4-13,18-28,49-50H2,1-3H3,(H2,51,68)(H,60,69)(H,61,71)(H,62,73)(H,63,70)(H,64,72)(H4,52,53,56)(H4,54,55,57)(H2,58,59,76)/t32-,33-,34-,35-,36-,37-/m0/s1. The molecule has 0 spiro atoms. The fraction of sp³-hybridized carbons (Fsp3) is 0.646. The summed E-state index contributed by atoms with van der Waals surface area (Å²) in [6.45, 7) is 4.57. The molecule has 426 valence electrons. The SMILES string of the molecule is CCC[C@@H]1NC(=O)[C@H](CCCN=C(N)N)NC(=O)CN(C(=O)[C@@H](N)CCCN=C(N)N)CCCCNC(=O)NCCCN(CC(N)=O)C(=O)[C@H](CCC(C)C)NC(=O)[C@H](CN)NC(=O)[C@H](Cc2ccc(O)cc2)NC1=O. The third kappa shape index (κ3) is 25.6. The highest BCUT2D eigenvalue weighted by Crippen LogP contribution is 2.14. The zero-order valence-corrected chi connectivity index (χ0v) is 44.2. The molecule has 10 amide bonds. The molecule has 1 fully saturated rings. The molecular weight excluding hydrogens is 989 g/mol. The van der Waals surface area contributed by atoms with E-state index in [0.717, 1.165) is 0 Å². The van der Waals surface area contributed by atoms with Gasteiger partial charge in [0.1, 0.15) is 36.0 Å². The highest BCUT2D eigenvalue weighted by atomic mass is 16.3. The lowest BCUT2D eigenvalue weighted by molar-refractivity contribution is -0.140. The first kappa shape index (κ1) is 64.6. The predicted molar refractivity (Wildman–Crippen MR) is 285 cm³/mol. The molecule has 28 heteroatoms. The summed E-state index contributed by atoms with van der Waals surface area (Å²) in [5.41, 5.74) is 40.3. The van der Waals surface area contributed by atoms with Crippen LogP contribution in [0.2, 0.25) is 0 Å². The van der Waals surface area contributed by atoms with E-state index in [1.165, 1.54) is 34.1 Å². The van der Waals surface area contributed by atoms with E-state index in [-0.39, 0.29) is 108 Å². The summed E-state index contributed by atoms with van der Waals surface area (Å²) in [4.78, 5) is 134. The zero-order chi connectivity index (χ0) is 56.7. The summed E-state index contributed by atoms with van der Waals surface area (Å²) in [5, 5.41) is 28.7. The van der Waals surface area contributed by atoms with Gasteiger partial charge in [0.25, 0.3) is 0 Å². The van der Waals surface area contributed by atoms with Crippen LogP contribution in [-0.4, -0.2) is 175 Å². The van der Waals surface area contributed by atoms with Gasteiger partial charge in [0.15, 0.2) is 11.9 Å². The first-order valence-corrected chi connectivity index (χ1v) is 25.8. The van der Waals surface area contributed by atoms with Crippen molar-refractivity contribution in [1.29, 1.82) is 0 Å². The van der Waals surface area contributed by atoms with E-state index in [1.54, 1.807) is 6.92 Å². The first-order valence-electron chi connectivity index (χ1n) is 25.8. The molecule has 0 unspecified atom stereocenters. The molecule has 28 nitrogen and oxygen atoms in total. The van der Waals surface area contributed by atoms with Gasteiger partial charge in [-0.3, -0.25) is 48.3 Å². The average Bonchev–Trinajstić information content (AvgIpc) is 3.35. The number of benzene rings is 1. The van der Waals surface area contributed by atoms with Crippen LogP contribution in [-0.2, 0) is 44.8 Å². The third-order valence-electron chi connectivity index (χ3n) is 12.0. The molecule has 0 aromatic heterocycles. The summed E-state index contributed by atoms with van der Waals surface area (Å²) in [7, 11) is 0. The highest BCUT2D eigenvalue weighted by Gasteiger charge is 2.34. The van der Waals surface area contributed by atoms with Crippen LogP contribution in [0.25, 0.3) is 0 Å². The van der Waals surface area contributed by atoms with Crippen molar-refractivity contribution < 1.29 is 48.3 Å². The van der Waals surface area contributed by atoms with Crippen molar-refractivity contribution in [2.45, 2.75) is 134 Å². The Morgan fingerprint density at radius 3 is 1.83 bits per heavy atom. The van der Waals surface area contributed by atoms with Gasteiger partial charge < -0.3 is 92.3 Å². The molecule has 1 heterocycles. The van der Waals surface area contributed by atoms with Crippen molar-refractivity contribution in [1.82, 2.24) is 47.0 Å². The molecule has 0 saturated carbocycles. The Hall–Kier alpha value is -7.49. The minimum atomic E-state index is -1.45. The molecular formula is C48H84N18O10. The van der Waals surface area contributed by atoms with E-state index in [2.05, 4.69) is 47.2 Å². The van der Waals surface area contributed by atoms with Crippen LogP contribution >= 0.6 is 0 Å². The number of rotatable bonds is 19. The number of urea groups is 1. The number of nitrogens with zero attached hydrogens (tertiary/aromatic N) is 4. The summed E-state index contributed by atoms with van der Waals surface area (Å²) in [6.07, 6.45) is 2.35. The van der Waals surface area contributed by atoms with Crippen molar-refractivity contribution in [2.75, 3.05) is 58.9 Å². The number of nitrogens with one attached hydrogen (secondary N) is 7. The number of guanidine groups is 2. The average molecular weight is 1070 g/mol. The molecule has 22 N–H and O–H groups in total. The van der Waals surface area contributed by atoms with E-state index in [4.69, 9.17) is 40.1 Å². The van der Waals surface area contributed by atoms with Gasteiger partial charge in [0.2, 0.25) is 47.3 Å². The third-order valence-corrected chi connectivity index (χ3v) is 12.0.